The molecule has 3 aromatic rings. The van der Waals surface area contributed by atoms with Crippen LogP contribution in [0.2, 0.25) is 0 Å². The summed E-state index contributed by atoms with van der Waals surface area (Å²) in [6.07, 6.45) is 7.30. The molecule has 26 heavy (non-hydrogen) atoms. The standard InChI is InChI=1S/C20H25N5O/c1-15-17(14-25(23-15)19-6-4-3-5-7-19)11-21-10-16-8-9-26-20(16)18-12-22-24(2)13-18/h3-7,12-14,16,20-21H,8-11H2,1-2H3/t16-,20+/m0/s1. The largest absolute Gasteiger partial charge is 0.373 e. The lowest BCUT2D eigenvalue weighted by Crippen LogP contribution is -2.24. The third-order valence-electron chi connectivity index (χ3n) is 5.01. The van der Waals surface area contributed by atoms with E-state index in [9.17, 15) is 0 Å². The first-order chi connectivity index (χ1) is 12.7. The van der Waals surface area contributed by atoms with E-state index >= 15 is 0 Å². The molecule has 1 aliphatic heterocycles. The average molecular weight is 351 g/mol. The fourth-order valence-electron chi connectivity index (χ4n) is 3.57. The van der Waals surface area contributed by atoms with Gasteiger partial charge in [0.2, 0.25) is 0 Å². The molecule has 0 amide bonds. The number of rotatable bonds is 6. The number of hydrogen-bond donors (Lipinski definition) is 1. The summed E-state index contributed by atoms with van der Waals surface area (Å²) in [5.41, 5.74) is 4.55. The predicted molar refractivity (Wildman–Crippen MR) is 100 cm³/mol. The number of aryl methyl sites for hydroxylation is 2. The zero-order chi connectivity index (χ0) is 17.9. The van der Waals surface area contributed by atoms with Gasteiger partial charge in [0.15, 0.2) is 0 Å². The molecule has 0 unspecified atom stereocenters. The second-order valence-corrected chi connectivity index (χ2v) is 6.94. The lowest BCUT2D eigenvalue weighted by atomic mass is 9.97. The molecule has 1 N–H and O–H groups in total. The maximum atomic E-state index is 5.94. The van der Waals surface area contributed by atoms with Gasteiger partial charge in [-0.2, -0.15) is 10.2 Å². The van der Waals surface area contributed by atoms with Crippen LogP contribution < -0.4 is 5.32 Å². The Morgan fingerprint density at radius 1 is 1.23 bits per heavy atom. The van der Waals surface area contributed by atoms with Crippen LogP contribution in [0.25, 0.3) is 5.69 Å². The highest BCUT2D eigenvalue weighted by Crippen LogP contribution is 2.33. The topological polar surface area (TPSA) is 56.9 Å². The Labute approximate surface area is 153 Å². The van der Waals surface area contributed by atoms with Crippen LogP contribution in [0, 0.1) is 12.8 Å². The average Bonchev–Trinajstić information content (AvgIpc) is 3.36. The van der Waals surface area contributed by atoms with E-state index in [4.69, 9.17) is 4.74 Å². The Balaban J connectivity index is 1.37. The zero-order valence-corrected chi connectivity index (χ0v) is 15.3. The van der Waals surface area contributed by atoms with Gasteiger partial charge in [-0.3, -0.25) is 4.68 Å². The van der Waals surface area contributed by atoms with Crippen LogP contribution in [-0.4, -0.2) is 32.7 Å². The summed E-state index contributed by atoms with van der Waals surface area (Å²) in [5, 5.41) is 12.5. The van der Waals surface area contributed by atoms with Crippen molar-refractivity contribution in [3.63, 3.8) is 0 Å². The third kappa shape index (κ3) is 3.57. The van der Waals surface area contributed by atoms with Crippen molar-refractivity contribution in [3.8, 4) is 5.69 Å². The Morgan fingerprint density at radius 2 is 2.08 bits per heavy atom. The molecule has 0 radical (unpaired) electrons. The summed E-state index contributed by atoms with van der Waals surface area (Å²) in [6, 6.07) is 10.2. The van der Waals surface area contributed by atoms with Crippen molar-refractivity contribution in [1.29, 1.82) is 0 Å². The zero-order valence-electron chi connectivity index (χ0n) is 15.3. The van der Waals surface area contributed by atoms with Gasteiger partial charge >= 0.3 is 0 Å². The number of aromatic nitrogens is 4. The lowest BCUT2D eigenvalue weighted by molar-refractivity contribution is 0.0904. The highest BCUT2D eigenvalue weighted by Gasteiger charge is 2.30. The molecule has 136 valence electrons. The van der Waals surface area contributed by atoms with Crippen molar-refractivity contribution in [2.75, 3.05) is 13.2 Å². The molecule has 1 fully saturated rings. The number of benzene rings is 1. The SMILES string of the molecule is Cc1nn(-c2ccccc2)cc1CNC[C@@H]1CCO[C@H]1c1cnn(C)c1. The quantitative estimate of drug-likeness (QED) is 0.742. The number of hydrogen-bond acceptors (Lipinski definition) is 4. The second kappa shape index (κ2) is 7.43. The van der Waals surface area contributed by atoms with Gasteiger partial charge in [-0.15, -0.1) is 0 Å². The van der Waals surface area contributed by atoms with E-state index in [-0.39, 0.29) is 6.10 Å². The molecule has 1 aromatic carbocycles. The van der Waals surface area contributed by atoms with Gasteiger partial charge in [0.1, 0.15) is 0 Å². The van der Waals surface area contributed by atoms with E-state index in [1.807, 2.05) is 40.8 Å². The molecule has 6 nitrogen and oxygen atoms in total. The molecule has 6 heteroatoms. The van der Waals surface area contributed by atoms with Gasteiger partial charge in [0, 0.05) is 56.2 Å². The van der Waals surface area contributed by atoms with Crippen molar-refractivity contribution in [1.82, 2.24) is 24.9 Å². The van der Waals surface area contributed by atoms with Crippen LogP contribution >= 0.6 is 0 Å². The van der Waals surface area contributed by atoms with Crippen LogP contribution in [0.15, 0.2) is 48.9 Å². The number of ether oxygens (including phenoxy) is 1. The Morgan fingerprint density at radius 3 is 2.85 bits per heavy atom. The molecular formula is C20H25N5O. The van der Waals surface area contributed by atoms with Gasteiger partial charge in [0.25, 0.3) is 0 Å². The Kier molecular flexibility index (Phi) is 4.86. The minimum Gasteiger partial charge on any atom is -0.373 e. The van der Waals surface area contributed by atoms with Crippen LogP contribution in [-0.2, 0) is 18.3 Å². The number of nitrogens with one attached hydrogen (secondary N) is 1. The molecule has 0 bridgehead atoms. The van der Waals surface area contributed by atoms with Crippen LogP contribution in [0.3, 0.4) is 0 Å². The first-order valence-electron chi connectivity index (χ1n) is 9.12. The Bertz CT molecular complexity index is 854. The van der Waals surface area contributed by atoms with E-state index in [1.165, 1.54) is 11.1 Å². The minimum absolute atomic E-state index is 0.143. The van der Waals surface area contributed by atoms with Crippen LogP contribution in [0.1, 0.15) is 29.3 Å². The third-order valence-corrected chi connectivity index (χ3v) is 5.01. The van der Waals surface area contributed by atoms with Crippen LogP contribution in [0.5, 0.6) is 0 Å². The monoisotopic (exact) mass is 351 g/mol. The van der Waals surface area contributed by atoms with E-state index in [0.717, 1.165) is 37.5 Å². The molecule has 1 aliphatic rings. The van der Waals surface area contributed by atoms with Gasteiger partial charge in [-0.25, -0.2) is 4.68 Å². The molecule has 0 spiro atoms. The minimum atomic E-state index is 0.143. The van der Waals surface area contributed by atoms with Crippen molar-refractivity contribution in [2.24, 2.45) is 13.0 Å². The molecule has 4 rings (SSSR count). The summed E-state index contributed by atoms with van der Waals surface area (Å²) in [6.45, 7) is 4.62. The van der Waals surface area contributed by atoms with Crippen molar-refractivity contribution < 1.29 is 4.74 Å². The highest BCUT2D eigenvalue weighted by molar-refractivity contribution is 5.32. The van der Waals surface area contributed by atoms with Gasteiger partial charge in [-0.1, -0.05) is 18.2 Å². The predicted octanol–water partition coefficient (Wildman–Crippen LogP) is 2.78. The normalized spacial score (nSPS) is 19.9. The van der Waals surface area contributed by atoms with E-state index in [1.54, 1.807) is 0 Å². The summed E-state index contributed by atoms with van der Waals surface area (Å²) in [7, 11) is 1.94. The van der Waals surface area contributed by atoms with Crippen LogP contribution in [0.4, 0.5) is 0 Å². The summed E-state index contributed by atoms with van der Waals surface area (Å²) in [4.78, 5) is 0. The van der Waals surface area contributed by atoms with Gasteiger partial charge in [0.05, 0.1) is 23.7 Å². The molecular weight excluding hydrogens is 326 g/mol. The van der Waals surface area contributed by atoms with E-state index in [2.05, 4.69) is 47.0 Å². The van der Waals surface area contributed by atoms with Crippen molar-refractivity contribution in [2.45, 2.75) is 26.0 Å². The smallest absolute Gasteiger partial charge is 0.0896 e. The summed E-state index contributed by atoms with van der Waals surface area (Å²) in [5.74, 6) is 0.476. The molecule has 1 saturated heterocycles. The molecule has 0 saturated carbocycles. The van der Waals surface area contributed by atoms with E-state index in [0.29, 0.717) is 5.92 Å². The first kappa shape index (κ1) is 17.0. The fraction of sp³-hybridized carbons (Fsp3) is 0.400. The van der Waals surface area contributed by atoms with Gasteiger partial charge < -0.3 is 10.1 Å². The molecule has 2 atom stereocenters. The number of para-hydroxylation sites is 1. The first-order valence-corrected chi connectivity index (χ1v) is 9.12. The summed E-state index contributed by atoms with van der Waals surface area (Å²) < 4.78 is 9.73. The molecule has 3 heterocycles. The molecule has 0 aliphatic carbocycles. The van der Waals surface area contributed by atoms with Gasteiger partial charge in [-0.05, 0) is 25.5 Å². The fourth-order valence-corrected chi connectivity index (χ4v) is 3.57. The van der Waals surface area contributed by atoms with E-state index < -0.39 is 0 Å². The van der Waals surface area contributed by atoms with Crippen molar-refractivity contribution >= 4 is 0 Å². The molecule has 2 aromatic heterocycles. The maximum Gasteiger partial charge on any atom is 0.0896 e. The van der Waals surface area contributed by atoms with Crippen molar-refractivity contribution in [3.05, 3.63) is 65.7 Å². The number of nitrogens with zero attached hydrogens (tertiary/aromatic N) is 4. The lowest BCUT2D eigenvalue weighted by Gasteiger charge is -2.17. The Hall–Kier alpha value is -2.44. The summed E-state index contributed by atoms with van der Waals surface area (Å²) >= 11 is 0. The second-order valence-electron chi connectivity index (χ2n) is 6.94. The maximum absolute atomic E-state index is 5.94. The highest BCUT2D eigenvalue weighted by atomic mass is 16.5.